The van der Waals surface area contributed by atoms with Gasteiger partial charge in [0.25, 0.3) is 0 Å². The van der Waals surface area contributed by atoms with E-state index in [0.29, 0.717) is 19.3 Å². The van der Waals surface area contributed by atoms with Gasteiger partial charge in [0.05, 0.1) is 25.9 Å². The third kappa shape index (κ3) is 6.84. The molecule has 0 aromatic heterocycles. The van der Waals surface area contributed by atoms with E-state index in [2.05, 4.69) is 0 Å². The number of ether oxygens (including phenoxy) is 3. The van der Waals surface area contributed by atoms with Crippen molar-refractivity contribution in [1.82, 2.24) is 0 Å². The molecule has 1 rings (SSSR count). The quantitative estimate of drug-likeness (QED) is 0.617. The van der Waals surface area contributed by atoms with Crippen molar-refractivity contribution in [3.05, 3.63) is 0 Å². The predicted octanol–water partition coefficient (Wildman–Crippen LogP) is 0.971. The summed E-state index contributed by atoms with van der Waals surface area (Å²) < 4.78 is 16.1. The van der Waals surface area contributed by atoms with Gasteiger partial charge in [-0.05, 0) is 25.7 Å². The van der Waals surface area contributed by atoms with Crippen LogP contribution >= 0.6 is 0 Å². The summed E-state index contributed by atoms with van der Waals surface area (Å²) >= 11 is 0. The first-order valence-corrected chi connectivity index (χ1v) is 5.81. The molecule has 0 aliphatic carbocycles. The lowest BCUT2D eigenvalue weighted by Crippen LogP contribution is -2.25. The largest absolute Gasteiger partial charge is 0.394 e. The molecule has 0 aromatic rings. The fraction of sp³-hybridized carbons (Fsp3) is 1.00. The highest BCUT2D eigenvalue weighted by Gasteiger charge is 2.13. The molecule has 1 unspecified atom stereocenters. The van der Waals surface area contributed by atoms with Crippen LogP contribution in [0.25, 0.3) is 0 Å². The molecular weight excluding hydrogens is 196 g/mol. The van der Waals surface area contributed by atoms with E-state index in [0.717, 1.165) is 45.5 Å². The smallest absolute Gasteiger partial charge is 0.0809 e. The average Bonchev–Trinajstić information content (AvgIpc) is 2.29. The van der Waals surface area contributed by atoms with Crippen LogP contribution in [0.5, 0.6) is 0 Å². The zero-order valence-corrected chi connectivity index (χ0v) is 9.32. The van der Waals surface area contributed by atoms with Gasteiger partial charge in [0, 0.05) is 19.8 Å². The predicted molar refractivity (Wildman–Crippen MR) is 56.9 cm³/mol. The molecule has 1 heterocycles. The van der Waals surface area contributed by atoms with Gasteiger partial charge in [0.15, 0.2) is 0 Å². The molecule has 0 saturated carbocycles. The van der Waals surface area contributed by atoms with Crippen LogP contribution in [0.2, 0.25) is 0 Å². The minimum atomic E-state index is 0.107. The monoisotopic (exact) mass is 218 g/mol. The van der Waals surface area contributed by atoms with Gasteiger partial charge >= 0.3 is 0 Å². The maximum Gasteiger partial charge on any atom is 0.0809 e. The van der Waals surface area contributed by atoms with Crippen molar-refractivity contribution in [2.75, 3.05) is 39.6 Å². The van der Waals surface area contributed by atoms with Crippen LogP contribution in [-0.2, 0) is 14.2 Å². The summed E-state index contributed by atoms with van der Waals surface area (Å²) in [6.07, 6.45) is 4.55. The Balaban J connectivity index is 1.79. The van der Waals surface area contributed by atoms with E-state index in [9.17, 15) is 0 Å². The van der Waals surface area contributed by atoms with Crippen molar-refractivity contribution in [3.63, 3.8) is 0 Å². The van der Waals surface area contributed by atoms with E-state index in [4.69, 9.17) is 19.3 Å². The van der Waals surface area contributed by atoms with Gasteiger partial charge < -0.3 is 19.3 Å². The zero-order chi connectivity index (χ0) is 10.8. The maximum absolute atomic E-state index is 8.48. The molecule has 0 aromatic carbocycles. The van der Waals surface area contributed by atoms with Crippen molar-refractivity contribution in [1.29, 1.82) is 0 Å². The average molecular weight is 218 g/mol. The zero-order valence-electron chi connectivity index (χ0n) is 9.32. The van der Waals surface area contributed by atoms with Crippen LogP contribution < -0.4 is 0 Å². The Hall–Kier alpha value is -0.160. The molecule has 1 atom stereocenters. The number of aliphatic hydroxyl groups excluding tert-OH is 1. The topological polar surface area (TPSA) is 47.9 Å². The SMILES string of the molecule is OCCOCCCCOC1CCCOC1. The molecule has 0 bridgehead atoms. The molecule has 4 heteroatoms. The minimum absolute atomic E-state index is 0.107. The van der Waals surface area contributed by atoms with Gasteiger partial charge in [-0.1, -0.05) is 0 Å². The summed E-state index contributed by atoms with van der Waals surface area (Å²) in [5, 5.41) is 8.48. The molecular formula is C11H22O4. The summed E-state index contributed by atoms with van der Waals surface area (Å²) in [5.41, 5.74) is 0. The fourth-order valence-corrected chi connectivity index (χ4v) is 1.57. The summed E-state index contributed by atoms with van der Waals surface area (Å²) in [6.45, 7) is 3.69. The second-order valence-electron chi connectivity index (χ2n) is 3.75. The minimum Gasteiger partial charge on any atom is -0.394 e. The van der Waals surface area contributed by atoms with Gasteiger partial charge in [0.2, 0.25) is 0 Å². The third-order valence-corrected chi connectivity index (χ3v) is 2.39. The number of hydrogen-bond donors (Lipinski definition) is 1. The Kier molecular flexibility index (Phi) is 7.83. The summed E-state index contributed by atoms with van der Waals surface area (Å²) in [5.74, 6) is 0. The van der Waals surface area contributed by atoms with Gasteiger partial charge in [-0.15, -0.1) is 0 Å². The maximum atomic E-state index is 8.48. The normalized spacial score (nSPS) is 21.8. The van der Waals surface area contributed by atoms with Crippen molar-refractivity contribution in [3.8, 4) is 0 Å². The first kappa shape index (κ1) is 12.9. The van der Waals surface area contributed by atoms with Crippen LogP contribution in [0.1, 0.15) is 25.7 Å². The molecule has 0 radical (unpaired) electrons. The summed E-state index contributed by atoms with van der Waals surface area (Å²) in [4.78, 5) is 0. The molecule has 0 amide bonds. The first-order chi connectivity index (χ1) is 7.43. The molecule has 4 nitrogen and oxygen atoms in total. The highest BCUT2D eigenvalue weighted by molar-refractivity contribution is 4.61. The van der Waals surface area contributed by atoms with Crippen LogP contribution in [0.4, 0.5) is 0 Å². The summed E-state index contributed by atoms with van der Waals surface area (Å²) in [6, 6.07) is 0. The van der Waals surface area contributed by atoms with E-state index >= 15 is 0 Å². The van der Waals surface area contributed by atoms with Gasteiger partial charge in [0.1, 0.15) is 0 Å². The Morgan fingerprint density at radius 1 is 1.20 bits per heavy atom. The number of rotatable bonds is 8. The highest BCUT2D eigenvalue weighted by atomic mass is 16.5. The van der Waals surface area contributed by atoms with Crippen molar-refractivity contribution in [2.24, 2.45) is 0 Å². The van der Waals surface area contributed by atoms with Crippen LogP contribution in [0.3, 0.4) is 0 Å². The molecule has 1 fully saturated rings. The van der Waals surface area contributed by atoms with Crippen LogP contribution in [0.15, 0.2) is 0 Å². The molecule has 1 saturated heterocycles. The lowest BCUT2D eigenvalue weighted by molar-refractivity contribution is -0.0516. The summed E-state index contributed by atoms with van der Waals surface area (Å²) in [7, 11) is 0. The Labute approximate surface area is 91.5 Å². The Morgan fingerprint density at radius 2 is 2.07 bits per heavy atom. The van der Waals surface area contributed by atoms with Crippen molar-refractivity contribution < 1.29 is 19.3 Å². The van der Waals surface area contributed by atoms with Gasteiger partial charge in [-0.3, -0.25) is 0 Å². The van der Waals surface area contributed by atoms with E-state index in [-0.39, 0.29) is 6.61 Å². The number of hydrogen-bond acceptors (Lipinski definition) is 4. The molecule has 1 aliphatic heterocycles. The Morgan fingerprint density at radius 3 is 2.80 bits per heavy atom. The fourth-order valence-electron chi connectivity index (χ4n) is 1.57. The van der Waals surface area contributed by atoms with E-state index in [1.807, 2.05) is 0 Å². The Bertz CT molecular complexity index is 135. The van der Waals surface area contributed by atoms with Gasteiger partial charge in [-0.2, -0.15) is 0 Å². The van der Waals surface area contributed by atoms with Crippen LogP contribution in [0, 0.1) is 0 Å². The van der Waals surface area contributed by atoms with Crippen molar-refractivity contribution in [2.45, 2.75) is 31.8 Å². The second-order valence-corrected chi connectivity index (χ2v) is 3.75. The lowest BCUT2D eigenvalue weighted by Gasteiger charge is -2.22. The van der Waals surface area contributed by atoms with E-state index in [1.165, 1.54) is 0 Å². The number of aliphatic hydroxyl groups is 1. The van der Waals surface area contributed by atoms with Gasteiger partial charge in [-0.25, -0.2) is 0 Å². The van der Waals surface area contributed by atoms with E-state index < -0.39 is 0 Å². The highest BCUT2D eigenvalue weighted by Crippen LogP contribution is 2.10. The molecule has 0 spiro atoms. The molecule has 1 aliphatic rings. The molecule has 1 N–H and O–H groups in total. The molecule has 15 heavy (non-hydrogen) atoms. The first-order valence-electron chi connectivity index (χ1n) is 5.81. The third-order valence-electron chi connectivity index (χ3n) is 2.39. The lowest BCUT2D eigenvalue weighted by atomic mass is 10.2. The van der Waals surface area contributed by atoms with Crippen LogP contribution in [-0.4, -0.2) is 50.9 Å². The van der Waals surface area contributed by atoms with Crippen molar-refractivity contribution >= 4 is 0 Å². The molecule has 90 valence electrons. The van der Waals surface area contributed by atoms with E-state index in [1.54, 1.807) is 0 Å². The standard InChI is InChI=1S/C11H22O4/c12-5-9-13-6-1-2-8-15-11-4-3-7-14-10-11/h11-12H,1-10H2. The number of unbranched alkanes of at least 4 members (excludes halogenated alkanes) is 1. The second kappa shape index (κ2) is 9.09.